The molecule has 13 unspecified atom stereocenters. The maximum atomic E-state index is 12.8. The van der Waals surface area contributed by atoms with Gasteiger partial charge in [-0.25, -0.2) is 0 Å². The summed E-state index contributed by atoms with van der Waals surface area (Å²) in [4.78, 5) is 96.0. The third-order valence-corrected chi connectivity index (χ3v) is 20.8. The normalized spacial score (nSPS) is 34.8. The first-order valence-electron chi connectivity index (χ1n) is 37.5. The number of azide groups is 3. The molecule has 0 amide bonds. The van der Waals surface area contributed by atoms with Gasteiger partial charge in [0, 0.05) is 59.7 Å². The van der Waals surface area contributed by atoms with Gasteiger partial charge in [0.1, 0.15) is 50.3 Å². The molecule has 36 heteroatoms. The molecular weight excluding hydrogens is 1490 g/mol. The highest BCUT2D eigenvalue weighted by molar-refractivity contribution is 5.66. The molecule has 6 saturated heterocycles. The molecule has 9 rings (SSSR count). The maximum Gasteiger partial charge on any atom is 0.373 e. The van der Waals surface area contributed by atoms with Crippen LogP contribution in [0.15, 0.2) is 106 Å². The van der Waals surface area contributed by atoms with Crippen LogP contribution in [0.3, 0.4) is 0 Å². The van der Waals surface area contributed by atoms with Crippen molar-refractivity contribution in [2.45, 2.75) is 264 Å². The Morgan fingerprint density at radius 1 is 0.377 bits per heavy atom. The van der Waals surface area contributed by atoms with E-state index in [0.717, 1.165) is 16.7 Å². The Hall–Kier alpha value is -8.90. The topological polar surface area (TPSA) is 466 Å². The molecule has 6 aliphatic heterocycles. The zero-order valence-electron chi connectivity index (χ0n) is 66.0. The van der Waals surface area contributed by atoms with Gasteiger partial charge >= 0.3 is 36.4 Å². The lowest BCUT2D eigenvalue weighted by Crippen LogP contribution is -2.64. The number of esters is 3. The van der Waals surface area contributed by atoms with Crippen LogP contribution in [0.4, 0.5) is 0 Å². The van der Waals surface area contributed by atoms with Gasteiger partial charge in [-0.2, -0.15) is 28.8 Å². The van der Waals surface area contributed by atoms with E-state index in [4.69, 9.17) is 120 Å². The van der Waals surface area contributed by atoms with E-state index in [1.54, 1.807) is 13.8 Å². The Morgan fingerprint density at radius 2 is 0.667 bits per heavy atom. The van der Waals surface area contributed by atoms with Crippen LogP contribution in [0.1, 0.15) is 120 Å². The average Bonchev–Trinajstić information content (AvgIpc) is 0.771. The van der Waals surface area contributed by atoms with Crippen LogP contribution in [0, 0.1) is 53.8 Å². The molecule has 0 bridgehead atoms. The summed E-state index contributed by atoms with van der Waals surface area (Å²) < 4.78 is 119. The third kappa shape index (κ3) is 26.8. The Balaban J connectivity index is 0.00000214. The molecule has 0 spiro atoms. The Labute approximate surface area is 660 Å². The van der Waals surface area contributed by atoms with Crippen molar-refractivity contribution in [2.75, 3.05) is 26.4 Å². The molecule has 0 radical (unpaired) electrons. The van der Waals surface area contributed by atoms with Gasteiger partial charge < -0.3 is 85.3 Å². The number of terminal acetylenes is 1. The summed E-state index contributed by atoms with van der Waals surface area (Å²) in [5.41, 5.74) is 33.1. The van der Waals surface area contributed by atoms with Gasteiger partial charge in [0.25, 0.3) is 0 Å². The van der Waals surface area contributed by atoms with E-state index in [1.807, 2.05) is 146 Å². The van der Waals surface area contributed by atoms with Crippen molar-refractivity contribution in [1.29, 1.82) is 0 Å². The van der Waals surface area contributed by atoms with Crippen LogP contribution in [0.5, 0.6) is 0 Å². The summed E-state index contributed by atoms with van der Waals surface area (Å²) in [5.74, 6) is -2.64. The summed E-state index contributed by atoms with van der Waals surface area (Å²) >= 11 is 0. The van der Waals surface area contributed by atoms with E-state index in [2.05, 4.69) is 36.0 Å². The zero-order valence-corrected chi connectivity index (χ0v) is 66.0. The summed E-state index contributed by atoms with van der Waals surface area (Å²) in [6, 6.07) is 25.8. The summed E-state index contributed by atoms with van der Waals surface area (Å²) in [6.07, 6.45) is -11.1. The number of carbonyl (C=O) groups excluding carboxylic acids is 9. The number of nitrogens with zero attached hydrogens (tertiary/aromatic N) is 9. The van der Waals surface area contributed by atoms with E-state index in [1.165, 1.54) is 20.8 Å². The van der Waals surface area contributed by atoms with Crippen LogP contribution >= 0.6 is 0 Å². The number of unbranched alkanes of at least 4 members (excludes halogenated alkanes) is 1. The van der Waals surface area contributed by atoms with Crippen LogP contribution in [0.25, 0.3) is 31.3 Å². The first-order chi connectivity index (χ1) is 54.8. The van der Waals surface area contributed by atoms with Gasteiger partial charge in [-0.3, -0.25) is 14.4 Å². The fourth-order valence-electron chi connectivity index (χ4n) is 14.6. The molecule has 36 nitrogen and oxygen atoms in total. The molecule has 3 aromatic carbocycles. The van der Waals surface area contributed by atoms with Crippen molar-refractivity contribution in [1.82, 2.24) is 0 Å². The van der Waals surface area contributed by atoms with Gasteiger partial charge in [0.15, 0.2) is 37.7 Å². The van der Waals surface area contributed by atoms with Crippen LogP contribution < -0.4 is 0 Å². The molecule has 114 heavy (non-hydrogen) atoms. The van der Waals surface area contributed by atoms with Crippen LogP contribution in [-0.2, 0) is 148 Å². The lowest BCUT2D eigenvalue weighted by molar-refractivity contribution is -0.370. The second-order valence-electron chi connectivity index (χ2n) is 28.5. The minimum Gasteiger partial charge on any atom is -0.463 e. The van der Waals surface area contributed by atoms with Crippen LogP contribution in [-0.4, -0.2) is 204 Å². The zero-order chi connectivity index (χ0) is 83.6. The molecule has 0 aromatic heterocycles. The first-order valence-corrected chi connectivity index (χ1v) is 37.5. The number of carbonyl (C=O) groups is 3. The van der Waals surface area contributed by atoms with Crippen molar-refractivity contribution in [2.24, 2.45) is 56.8 Å². The third-order valence-electron chi connectivity index (χ3n) is 20.8. The molecule has 622 valence electrons. The second kappa shape index (κ2) is 48.5. The molecule has 0 saturated carbocycles. The number of hydrogen-bond acceptors (Lipinski definition) is 30. The molecular formula is C78H103N9O27. The predicted octanol–water partition coefficient (Wildman–Crippen LogP) is 9.94. The highest BCUT2D eigenvalue weighted by atomic mass is 16.8. The summed E-state index contributed by atoms with van der Waals surface area (Å²) in [6.45, 7) is 22.7. The van der Waals surface area contributed by atoms with Crippen molar-refractivity contribution in [3.8, 4) is 12.3 Å². The fraction of sp³-hybridized carbons (Fsp3) is 0.667. The van der Waals surface area contributed by atoms with Crippen molar-refractivity contribution in [3.05, 3.63) is 139 Å². The molecule has 6 heterocycles. The van der Waals surface area contributed by atoms with E-state index in [0.29, 0.717) is 19.4 Å². The standard InChI is InChI=1S/C75H103N9O21.3CO2/c1-15-16-26-33-88-70-44(6)64(92-34-53-27-20-17-21-28-53)67(47(9)95-70)104-74-60(80-83-77)42(4)62(57(99-74)38-90-51(13)86)102-72-46(8)66(94-36-55-31-24-19-25-32-55)69(49(11)97-72)105-75-61(81-84-78)43(5)63(58(100-75)39-91-52(14)87)101-71-45(7)65(93-35-54-29-22-18-23-30-54)68(48(10)96-71)103-73-59(79-82-76)41(3)40(2)56(98-73)37-89-50(12)85;3*2-1-3/h1,17-25,27-32,40-49,56-75H,16,26,33-39H2,2-14H3;;;/t40-,41-,42+,43+,44?,45?,46?,47?,48?,49?,56?,57?,58?,59?,60?,61?,62-,63-,64-,65-,66-,67+,68?,69+,70+,71-,72-,73-,74-,75-;;;/m0.../s1. The Kier molecular flexibility index (Phi) is 39.9. The van der Waals surface area contributed by atoms with E-state index in [-0.39, 0.29) is 75.8 Å². The quantitative estimate of drug-likeness (QED) is 0.0107. The van der Waals surface area contributed by atoms with Gasteiger partial charge in [-0.15, -0.1) is 12.3 Å². The maximum absolute atomic E-state index is 12.8. The van der Waals surface area contributed by atoms with E-state index < -0.39 is 183 Å². The summed E-state index contributed by atoms with van der Waals surface area (Å²) in [7, 11) is 0. The van der Waals surface area contributed by atoms with Gasteiger partial charge in [0.05, 0.1) is 99.5 Å². The molecule has 0 aliphatic carbocycles. The number of benzene rings is 3. The monoisotopic (exact) mass is 1600 g/mol. The smallest absolute Gasteiger partial charge is 0.373 e. The van der Waals surface area contributed by atoms with E-state index >= 15 is 0 Å². The highest BCUT2D eigenvalue weighted by Gasteiger charge is 2.57. The largest absolute Gasteiger partial charge is 0.463 e. The molecule has 6 aliphatic rings. The lowest BCUT2D eigenvalue weighted by Gasteiger charge is -2.52. The SMILES string of the molecule is C#CCCCO[C@@H]1OC(C)[C@@H](O[C@@H]2OC(COC(C)=O)[C@@H](O[C@@H]3OC(C)[C@@H](O[C@@H]4OC(COC(C)=O)[C@@H](O[C@@H]5OC(C)C(O[C@@H]6OC(COC(C)=O)[C@@H](C)[C@H](C)C6N=[N+]=[N-])[C@@H](OCc6ccccc6)C5C)[C@H](C)C4N=[N+]=[N-])[C@@H](OCc4ccccc4)C3C)[C@H](C)C2N=[N+]=[N-])[C@@H](OCc2ccccc2)C1C.O=C=O.O=C=O.O=C=O. The molecule has 0 N–H and O–H groups in total. The van der Waals surface area contributed by atoms with Gasteiger partial charge in [-0.05, 0) is 84.1 Å². The number of rotatable bonds is 32. The molecule has 6 fully saturated rings. The second-order valence-corrected chi connectivity index (χ2v) is 28.5. The van der Waals surface area contributed by atoms with Crippen molar-refractivity contribution in [3.63, 3.8) is 0 Å². The Bertz CT molecular complexity index is 3720. The Morgan fingerprint density at radius 3 is 0.982 bits per heavy atom. The van der Waals surface area contributed by atoms with E-state index in [9.17, 15) is 31.0 Å². The predicted molar refractivity (Wildman–Crippen MR) is 390 cm³/mol. The number of ether oxygens (including phenoxy) is 18. The molecule has 30 atom stereocenters. The first kappa shape index (κ1) is 94.0. The minimum absolute atomic E-state index is 0.0533. The van der Waals surface area contributed by atoms with Crippen LogP contribution in [0.2, 0.25) is 0 Å². The molecule has 3 aromatic rings. The highest BCUT2D eigenvalue weighted by Crippen LogP contribution is 2.44. The van der Waals surface area contributed by atoms with Gasteiger partial charge in [-0.1, -0.05) is 155 Å². The summed E-state index contributed by atoms with van der Waals surface area (Å²) in [5, 5.41) is 12.7. The van der Waals surface area contributed by atoms with Gasteiger partial charge in [0.2, 0.25) is 0 Å². The number of hydrogen-bond donors (Lipinski definition) is 0. The van der Waals surface area contributed by atoms with Crippen molar-refractivity contribution < 1.29 is 128 Å². The van der Waals surface area contributed by atoms with Crippen molar-refractivity contribution >= 4 is 36.4 Å². The lowest BCUT2D eigenvalue weighted by atomic mass is 9.82. The fourth-order valence-corrected chi connectivity index (χ4v) is 14.6. The minimum atomic E-state index is -1.35. The average molecular weight is 1600 g/mol.